The summed E-state index contributed by atoms with van der Waals surface area (Å²) in [6.45, 7) is 7.52. The number of likely N-dealkylation sites (tertiary alicyclic amines) is 1. The molecule has 6 heteroatoms. The van der Waals surface area contributed by atoms with E-state index in [1.54, 1.807) is 0 Å². The molecule has 0 aromatic carbocycles. The van der Waals surface area contributed by atoms with Crippen molar-refractivity contribution in [1.82, 2.24) is 15.5 Å². The van der Waals surface area contributed by atoms with Crippen LogP contribution in [0.3, 0.4) is 0 Å². The summed E-state index contributed by atoms with van der Waals surface area (Å²) >= 11 is 0. The first-order valence-electron chi connectivity index (χ1n) is 9.13. The van der Waals surface area contributed by atoms with Crippen LogP contribution in [-0.2, 0) is 4.74 Å². The topological polar surface area (TPSA) is 48.9 Å². The van der Waals surface area contributed by atoms with E-state index in [1.807, 2.05) is 7.05 Å². The van der Waals surface area contributed by atoms with Crippen LogP contribution in [0, 0.1) is 0 Å². The van der Waals surface area contributed by atoms with Crippen LogP contribution >= 0.6 is 24.0 Å². The molecule has 0 saturated carbocycles. The second-order valence-electron chi connectivity index (χ2n) is 6.44. The fourth-order valence-electron chi connectivity index (χ4n) is 3.58. The van der Waals surface area contributed by atoms with Crippen molar-refractivity contribution < 1.29 is 4.74 Å². The Bertz CT molecular complexity index is 335. The van der Waals surface area contributed by atoms with E-state index in [9.17, 15) is 0 Å². The molecule has 2 saturated heterocycles. The highest BCUT2D eigenvalue weighted by Crippen LogP contribution is 2.18. The Morgan fingerprint density at radius 1 is 1.17 bits per heavy atom. The van der Waals surface area contributed by atoms with Crippen LogP contribution in [-0.4, -0.2) is 62.8 Å². The van der Waals surface area contributed by atoms with E-state index >= 15 is 0 Å². The van der Waals surface area contributed by atoms with Gasteiger partial charge in [0.1, 0.15) is 0 Å². The summed E-state index contributed by atoms with van der Waals surface area (Å²) < 4.78 is 5.65. The lowest BCUT2D eigenvalue weighted by atomic mass is 10.0. The Morgan fingerprint density at radius 3 is 2.70 bits per heavy atom. The van der Waals surface area contributed by atoms with Gasteiger partial charge >= 0.3 is 0 Å². The summed E-state index contributed by atoms with van der Waals surface area (Å²) in [5.41, 5.74) is 0. The van der Waals surface area contributed by atoms with E-state index in [4.69, 9.17) is 4.74 Å². The number of aliphatic imine (C=N–C) groups is 1. The molecule has 0 aromatic rings. The van der Waals surface area contributed by atoms with Gasteiger partial charge in [-0.05, 0) is 45.1 Å². The maximum absolute atomic E-state index is 5.65. The molecule has 2 atom stereocenters. The van der Waals surface area contributed by atoms with Gasteiger partial charge in [-0.1, -0.05) is 13.3 Å². The van der Waals surface area contributed by atoms with Gasteiger partial charge < -0.3 is 15.4 Å². The molecule has 5 nitrogen and oxygen atoms in total. The monoisotopic (exact) mass is 438 g/mol. The number of halogens is 1. The third-order valence-corrected chi connectivity index (χ3v) is 4.92. The van der Waals surface area contributed by atoms with Crippen molar-refractivity contribution in [3.05, 3.63) is 0 Å². The van der Waals surface area contributed by atoms with E-state index in [2.05, 4.69) is 27.4 Å². The second-order valence-corrected chi connectivity index (χ2v) is 6.44. The van der Waals surface area contributed by atoms with Gasteiger partial charge in [-0.15, -0.1) is 24.0 Å². The molecule has 136 valence electrons. The zero-order chi connectivity index (χ0) is 15.6. The normalized spacial score (nSPS) is 25.9. The van der Waals surface area contributed by atoms with E-state index in [-0.39, 0.29) is 24.0 Å². The minimum atomic E-state index is 0. The van der Waals surface area contributed by atoms with E-state index in [1.165, 1.54) is 45.1 Å². The lowest BCUT2D eigenvalue weighted by Gasteiger charge is -2.35. The molecule has 23 heavy (non-hydrogen) atoms. The fourth-order valence-corrected chi connectivity index (χ4v) is 3.58. The zero-order valence-electron chi connectivity index (χ0n) is 14.9. The molecular weight excluding hydrogens is 403 g/mol. The van der Waals surface area contributed by atoms with Crippen molar-refractivity contribution in [3.8, 4) is 0 Å². The van der Waals surface area contributed by atoms with Crippen molar-refractivity contribution in [1.29, 1.82) is 0 Å². The standard InChI is InChI=1S/C17H34N4O.HI/c1-3-15-7-4-5-12-21(15)13-11-20-17(18-2)19-10-9-16-8-6-14-22-16;/h15-16H,3-14H2,1-2H3,(H2,18,19,20);1H. The Hall–Kier alpha value is -0.0800. The van der Waals surface area contributed by atoms with Gasteiger partial charge in [0.25, 0.3) is 0 Å². The van der Waals surface area contributed by atoms with E-state index < -0.39 is 0 Å². The van der Waals surface area contributed by atoms with Crippen LogP contribution in [0.15, 0.2) is 4.99 Å². The van der Waals surface area contributed by atoms with E-state index in [0.717, 1.165) is 44.7 Å². The van der Waals surface area contributed by atoms with Crippen molar-refractivity contribution in [3.63, 3.8) is 0 Å². The van der Waals surface area contributed by atoms with Gasteiger partial charge in [0.05, 0.1) is 6.10 Å². The number of rotatable bonds is 7. The highest BCUT2D eigenvalue weighted by Gasteiger charge is 2.20. The summed E-state index contributed by atoms with van der Waals surface area (Å²) in [4.78, 5) is 6.94. The Kier molecular flexibility index (Phi) is 11.2. The fraction of sp³-hybridized carbons (Fsp3) is 0.941. The molecule has 0 aromatic heterocycles. The summed E-state index contributed by atoms with van der Waals surface area (Å²) in [5.74, 6) is 0.919. The van der Waals surface area contributed by atoms with Gasteiger partial charge in [-0.2, -0.15) is 0 Å². The maximum Gasteiger partial charge on any atom is 0.191 e. The predicted octanol–water partition coefficient (Wildman–Crippen LogP) is 2.60. The lowest BCUT2D eigenvalue weighted by Crippen LogP contribution is -2.46. The number of hydrogen-bond donors (Lipinski definition) is 2. The molecule has 2 rings (SSSR count). The first-order valence-corrected chi connectivity index (χ1v) is 9.13. The van der Waals surface area contributed by atoms with Crippen molar-refractivity contribution in [2.24, 2.45) is 4.99 Å². The van der Waals surface area contributed by atoms with Crippen molar-refractivity contribution in [2.45, 2.75) is 64.0 Å². The number of ether oxygens (including phenoxy) is 1. The first-order chi connectivity index (χ1) is 10.8. The maximum atomic E-state index is 5.65. The molecule has 0 aliphatic carbocycles. The minimum Gasteiger partial charge on any atom is -0.378 e. The van der Waals surface area contributed by atoms with Crippen molar-refractivity contribution in [2.75, 3.05) is 39.8 Å². The average molecular weight is 438 g/mol. The number of hydrogen-bond acceptors (Lipinski definition) is 3. The molecule has 2 fully saturated rings. The molecular formula is C17H35IN4O. The van der Waals surface area contributed by atoms with Crippen LogP contribution in [0.25, 0.3) is 0 Å². The average Bonchev–Trinajstić information content (AvgIpc) is 3.07. The molecule has 2 unspecified atom stereocenters. The highest BCUT2D eigenvalue weighted by molar-refractivity contribution is 14.0. The third kappa shape index (κ3) is 7.56. The van der Waals surface area contributed by atoms with Crippen LogP contribution in [0.1, 0.15) is 51.9 Å². The number of guanidine groups is 1. The lowest BCUT2D eigenvalue weighted by molar-refractivity contribution is 0.105. The molecule has 2 aliphatic heterocycles. The number of nitrogens with zero attached hydrogens (tertiary/aromatic N) is 2. The van der Waals surface area contributed by atoms with Crippen LogP contribution < -0.4 is 10.6 Å². The summed E-state index contributed by atoms with van der Waals surface area (Å²) in [7, 11) is 1.84. The van der Waals surface area contributed by atoms with Gasteiger partial charge in [-0.25, -0.2) is 0 Å². The molecule has 2 aliphatic rings. The molecule has 0 bridgehead atoms. The summed E-state index contributed by atoms with van der Waals surface area (Å²) in [6, 6.07) is 0.782. The van der Waals surface area contributed by atoms with E-state index in [0.29, 0.717) is 6.10 Å². The second kappa shape index (κ2) is 12.3. The number of piperidine rings is 1. The summed E-state index contributed by atoms with van der Waals surface area (Å²) in [5, 5.41) is 6.84. The van der Waals surface area contributed by atoms with Crippen LogP contribution in [0.5, 0.6) is 0 Å². The zero-order valence-corrected chi connectivity index (χ0v) is 17.2. The molecule has 0 amide bonds. The van der Waals surface area contributed by atoms with Crippen LogP contribution in [0.2, 0.25) is 0 Å². The largest absolute Gasteiger partial charge is 0.378 e. The smallest absolute Gasteiger partial charge is 0.191 e. The molecule has 0 spiro atoms. The first kappa shape index (κ1) is 21.0. The Labute approximate surface area is 159 Å². The minimum absolute atomic E-state index is 0. The predicted molar refractivity (Wildman–Crippen MR) is 108 cm³/mol. The Balaban J connectivity index is 0.00000264. The van der Waals surface area contributed by atoms with Gasteiger partial charge in [0.2, 0.25) is 0 Å². The highest BCUT2D eigenvalue weighted by atomic mass is 127. The molecule has 2 heterocycles. The van der Waals surface area contributed by atoms with Gasteiger partial charge in [0, 0.05) is 39.3 Å². The summed E-state index contributed by atoms with van der Waals surface area (Å²) in [6.07, 6.45) is 9.33. The molecule has 0 radical (unpaired) electrons. The van der Waals surface area contributed by atoms with Gasteiger partial charge in [-0.3, -0.25) is 9.89 Å². The van der Waals surface area contributed by atoms with Gasteiger partial charge in [0.15, 0.2) is 5.96 Å². The number of nitrogens with one attached hydrogen (secondary N) is 2. The quantitative estimate of drug-likeness (QED) is 0.365. The van der Waals surface area contributed by atoms with Crippen molar-refractivity contribution >= 4 is 29.9 Å². The van der Waals surface area contributed by atoms with Crippen LogP contribution in [0.4, 0.5) is 0 Å². The molecule has 2 N–H and O–H groups in total. The third-order valence-electron chi connectivity index (χ3n) is 4.92. The SMILES string of the molecule is CCC1CCCCN1CCNC(=NC)NCCC1CCCO1.I. The Morgan fingerprint density at radius 2 is 2.00 bits per heavy atom.